The average Bonchev–Trinajstić information content (AvgIpc) is 2.67. The molecule has 1 aromatic carbocycles. The molecular formula is C14H19NO2S. The molecule has 0 radical (unpaired) electrons. The molecule has 1 N–H and O–H groups in total. The highest BCUT2D eigenvalue weighted by molar-refractivity contribution is 7.94. The highest BCUT2D eigenvalue weighted by Gasteiger charge is 2.23. The van der Waals surface area contributed by atoms with Crippen molar-refractivity contribution in [2.45, 2.75) is 32.4 Å². The standard InChI is InChI=1S/C14H19NO2S/c1-3-14(12-6-4-11(2)5-7-12)15-13-8-9-18(16,17)10-13/h4-9,13-15H,3,10H2,1-2H3. The van der Waals surface area contributed by atoms with Crippen molar-refractivity contribution in [3.05, 3.63) is 46.9 Å². The summed E-state index contributed by atoms with van der Waals surface area (Å²) in [4.78, 5) is 0. The molecule has 0 saturated heterocycles. The van der Waals surface area contributed by atoms with Crippen LogP contribution in [0.15, 0.2) is 35.7 Å². The maximum Gasteiger partial charge on any atom is 0.173 e. The van der Waals surface area contributed by atoms with E-state index in [1.807, 2.05) is 0 Å². The van der Waals surface area contributed by atoms with Crippen LogP contribution in [0.1, 0.15) is 30.5 Å². The van der Waals surface area contributed by atoms with E-state index in [2.05, 4.69) is 43.4 Å². The molecule has 1 aliphatic rings. The van der Waals surface area contributed by atoms with Crippen LogP contribution in [0.4, 0.5) is 0 Å². The maximum absolute atomic E-state index is 11.4. The number of nitrogens with one attached hydrogen (secondary N) is 1. The van der Waals surface area contributed by atoms with E-state index in [-0.39, 0.29) is 17.8 Å². The topological polar surface area (TPSA) is 46.2 Å². The van der Waals surface area contributed by atoms with E-state index in [1.165, 1.54) is 16.5 Å². The number of sulfone groups is 1. The molecule has 2 atom stereocenters. The van der Waals surface area contributed by atoms with Crippen LogP contribution in [-0.4, -0.2) is 20.2 Å². The Hall–Kier alpha value is -1.13. The lowest BCUT2D eigenvalue weighted by atomic mass is 10.0. The van der Waals surface area contributed by atoms with Gasteiger partial charge < -0.3 is 5.32 Å². The number of rotatable bonds is 4. The van der Waals surface area contributed by atoms with Gasteiger partial charge in [-0.2, -0.15) is 0 Å². The summed E-state index contributed by atoms with van der Waals surface area (Å²) in [7, 11) is -2.98. The minimum atomic E-state index is -2.98. The van der Waals surface area contributed by atoms with Crippen LogP contribution in [-0.2, 0) is 9.84 Å². The molecule has 0 amide bonds. The molecule has 0 fully saturated rings. The van der Waals surface area contributed by atoms with Crippen molar-refractivity contribution in [3.8, 4) is 0 Å². The molecule has 1 aliphatic heterocycles. The lowest BCUT2D eigenvalue weighted by Crippen LogP contribution is -2.33. The Kier molecular flexibility index (Phi) is 3.88. The fourth-order valence-corrected chi connectivity index (χ4v) is 3.43. The molecule has 4 heteroatoms. The quantitative estimate of drug-likeness (QED) is 0.909. The van der Waals surface area contributed by atoms with Gasteiger partial charge in [-0.05, 0) is 18.9 Å². The van der Waals surface area contributed by atoms with Gasteiger partial charge in [-0.1, -0.05) is 42.8 Å². The Morgan fingerprint density at radius 1 is 1.33 bits per heavy atom. The molecule has 2 unspecified atom stereocenters. The molecular weight excluding hydrogens is 246 g/mol. The summed E-state index contributed by atoms with van der Waals surface area (Å²) in [6.07, 6.45) is 2.68. The summed E-state index contributed by atoms with van der Waals surface area (Å²) in [6, 6.07) is 8.50. The number of aryl methyl sites for hydroxylation is 1. The monoisotopic (exact) mass is 265 g/mol. The first-order chi connectivity index (χ1) is 8.50. The molecule has 0 bridgehead atoms. The van der Waals surface area contributed by atoms with E-state index in [1.54, 1.807) is 6.08 Å². The first kappa shape index (κ1) is 13.3. The molecule has 98 valence electrons. The van der Waals surface area contributed by atoms with Crippen LogP contribution < -0.4 is 5.32 Å². The van der Waals surface area contributed by atoms with E-state index in [0.717, 1.165) is 6.42 Å². The number of benzene rings is 1. The predicted molar refractivity (Wildman–Crippen MR) is 74.1 cm³/mol. The third-order valence-corrected chi connectivity index (χ3v) is 4.63. The van der Waals surface area contributed by atoms with Crippen molar-refractivity contribution in [2.24, 2.45) is 0 Å². The normalized spacial score (nSPS) is 23.1. The summed E-state index contributed by atoms with van der Waals surface area (Å²) in [5, 5.41) is 4.70. The average molecular weight is 265 g/mol. The van der Waals surface area contributed by atoms with Crippen molar-refractivity contribution in [1.29, 1.82) is 0 Å². The van der Waals surface area contributed by atoms with Gasteiger partial charge in [0.1, 0.15) is 0 Å². The molecule has 2 rings (SSSR count). The zero-order valence-corrected chi connectivity index (χ0v) is 11.6. The largest absolute Gasteiger partial charge is 0.303 e. The Morgan fingerprint density at radius 3 is 2.50 bits per heavy atom. The first-order valence-corrected chi connectivity index (χ1v) is 7.95. The Labute approximate surface area is 109 Å². The van der Waals surface area contributed by atoms with E-state index in [0.29, 0.717) is 0 Å². The van der Waals surface area contributed by atoms with Crippen molar-refractivity contribution in [2.75, 3.05) is 5.75 Å². The second-order valence-electron chi connectivity index (χ2n) is 4.80. The molecule has 0 aromatic heterocycles. The molecule has 0 spiro atoms. The number of hydrogen-bond acceptors (Lipinski definition) is 3. The van der Waals surface area contributed by atoms with Gasteiger partial charge in [-0.15, -0.1) is 0 Å². The first-order valence-electron chi connectivity index (χ1n) is 6.24. The highest BCUT2D eigenvalue weighted by Crippen LogP contribution is 2.20. The van der Waals surface area contributed by atoms with Crippen molar-refractivity contribution >= 4 is 9.84 Å². The molecule has 0 saturated carbocycles. The van der Waals surface area contributed by atoms with E-state index < -0.39 is 9.84 Å². The minimum Gasteiger partial charge on any atom is -0.303 e. The third kappa shape index (κ3) is 3.21. The van der Waals surface area contributed by atoms with Gasteiger partial charge in [0.05, 0.1) is 5.75 Å². The number of hydrogen-bond donors (Lipinski definition) is 1. The second kappa shape index (κ2) is 5.24. The summed E-state index contributed by atoms with van der Waals surface area (Å²) in [5.74, 6) is 0.176. The van der Waals surface area contributed by atoms with Crippen LogP contribution in [0.3, 0.4) is 0 Å². The summed E-state index contributed by atoms with van der Waals surface area (Å²) < 4.78 is 22.7. The molecule has 18 heavy (non-hydrogen) atoms. The Bertz CT molecular complexity index is 531. The Balaban J connectivity index is 2.07. The fraction of sp³-hybridized carbons (Fsp3) is 0.429. The lowest BCUT2D eigenvalue weighted by molar-refractivity contribution is 0.491. The van der Waals surface area contributed by atoms with Crippen molar-refractivity contribution in [1.82, 2.24) is 5.32 Å². The van der Waals surface area contributed by atoms with Gasteiger partial charge in [0.2, 0.25) is 0 Å². The fourth-order valence-electron chi connectivity index (χ4n) is 2.19. The SMILES string of the molecule is CCC(NC1C=CS(=O)(=O)C1)c1ccc(C)cc1. The summed E-state index contributed by atoms with van der Waals surface area (Å²) >= 11 is 0. The van der Waals surface area contributed by atoms with Gasteiger partial charge in [-0.3, -0.25) is 0 Å². The molecule has 1 heterocycles. The lowest BCUT2D eigenvalue weighted by Gasteiger charge is -2.21. The summed E-state index contributed by atoms with van der Waals surface area (Å²) in [5.41, 5.74) is 2.44. The third-order valence-electron chi connectivity index (χ3n) is 3.23. The van der Waals surface area contributed by atoms with E-state index in [9.17, 15) is 8.42 Å². The van der Waals surface area contributed by atoms with Gasteiger partial charge in [-0.25, -0.2) is 8.42 Å². The second-order valence-corrected chi connectivity index (χ2v) is 6.73. The zero-order valence-electron chi connectivity index (χ0n) is 10.8. The minimum absolute atomic E-state index is 0.0683. The molecule has 3 nitrogen and oxygen atoms in total. The van der Waals surface area contributed by atoms with E-state index >= 15 is 0 Å². The smallest absolute Gasteiger partial charge is 0.173 e. The van der Waals surface area contributed by atoms with Crippen LogP contribution in [0.25, 0.3) is 0 Å². The predicted octanol–water partition coefficient (Wildman–Crippen LogP) is 2.35. The van der Waals surface area contributed by atoms with Gasteiger partial charge in [0.25, 0.3) is 0 Å². The van der Waals surface area contributed by atoms with Crippen LogP contribution >= 0.6 is 0 Å². The maximum atomic E-state index is 11.4. The van der Waals surface area contributed by atoms with Gasteiger partial charge >= 0.3 is 0 Å². The molecule has 0 aliphatic carbocycles. The van der Waals surface area contributed by atoms with E-state index in [4.69, 9.17) is 0 Å². The highest BCUT2D eigenvalue weighted by atomic mass is 32.2. The molecule has 1 aromatic rings. The van der Waals surface area contributed by atoms with Crippen LogP contribution in [0, 0.1) is 6.92 Å². The summed E-state index contributed by atoms with van der Waals surface area (Å²) in [6.45, 7) is 4.16. The zero-order chi connectivity index (χ0) is 13.2. The van der Waals surface area contributed by atoms with Gasteiger partial charge in [0.15, 0.2) is 9.84 Å². The van der Waals surface area contributed by atoms with Crippen molar-refractivity contribution in [3.63, 3.8) is 0 Å². The van der Waals surface area contributed by atoms with Crippen LogP contribution in [0.2, 0.25) is 0 Å². The van der Waals surface area contributed by atoms with Crippen molar-refractivity contribution < 1.29 is 8.42 Å². The van der Waals surface area contributed by atoms with Gasteiger partial charge in [0, 0.05) is 17.5 Å². The van der Waals surface area contributed by atoms with Crippen LogP contribution in [0.5, 0.6) is 0 Å². The Morgan fingerprint density at radius 2 is 2.00 bits per heavy atom.